The third-order valence-electron chi connectivity index (χ3n) is 2.80. The van der Waals surface area contributed by atoms with Gasteiger partial charge in [-0.05, 0) is 27.2 Å². The Morgan fingerprint density at radius 1 is 1.35 bits per heavy atom. The number of hydrogen-bond donors (Lipinski definition) is 3. The van der Waals surface area contributed by atoms with E-state index in [1.165, 1.54) is 0 Å². The van der Waals surface area contributed by atoms with Gasteiger partial charge in [0.05, 0.1) is 0 Å². The first-order valence-electron chi connectivity index (χ1n) is 6.57. The molecule has 0 bridgehead atoms. The van der Waals surface area contributed by atoms with E-state index in [4.69, 9.17) is 0 Å². The Hall–Kier alpha value is -2.05. The van der Waals surface area contributed by atoms with Crippen molar-refractivity contribution in [1.29, 1.82) is 0 Å². The fourth-order valence-corrected chi connectivity index (χ4v) is 1.82. The second-order valence-corrected chi connectivity index (χ2v) is 5.57. The highest BCUT2D eigenvalue weighted by atomic mass is 16.3. The van der Waals surface area contributed by atoms with E-state index in [-0.39, 0.29) is 0 Å². The highest BCUT2D eigenvalue weighted by Gasteiger charge is 2.26. The van der Waals surface area contributed by atoms with Crippen LogP contribution in [0.25, 0.3) is 0 Å². The quantitative estimate of drug-likeness (QED) is 0.701. The minimum atomic E-state index is -0.887. The van der Waals surface area contributed by atoms with Crippen LogP contribution in [0.1, 0.15) is 50.9 Å². The number of amides is 1. The lowest BCUT2D eigenvalue weighted by atomic mass is 10.1. The van der Waals surface area contributed by atoms with Gasteiger partial charge in [-0.25, -0.2) is 4.79 Å². The van der Waals surface area contributed by atoms with Gasteiger partial charge in [0, 0.05) is 12.1 Å². The van der Waals surface area contributed by atoms with Crippen molar-refractivity contribution in [3.63, 3.8) is 0 Å². The van der Waals surface area contributed by atoms with Gasteiger partial charge in [0.2, 0.25) is 5.88 Å². The van der Waals surface area contributed by atoms with Crippen LogP contribution in [0.5, 0.6) is 5.88 Å². The summed E-state index contributed by atoms with van der Waals surface area (Å²) in [7, 11) is 0. The van der Waals surface area contributed by atoms with Crippen LogP contribution >= 0.6 is 0 Å². The molecule has 20 heavy (non-hydrogen) atoms. The topological polar surface area (TPSA) is 104 Å². The fraction of sp³-hybridized carbons (Fsp3) is 0.615. The molecular weight excluding hydrogens is 262 g/mol. The van der Waals surface area contributed by atoms with Gasteiger partial charge in [-0.3, -0.25) is 19.1 Å². The van der Waals surface area contributed by atoms with E-state index in [1.807, 2.05) is 6.92 Å². The molecular formula is C13H21N3O4. The number of H-pyrrole nitrogens is 1. The summed E-state index contributed by atoms with van der Waals surface area (Å²) in [5, 5.41) is 12.6. The van der Waals surface area contributed by atoms with E-state index in [9.17, 15) is 19.5 Å². The lowest BCUT2D eigenvalue weighted by molar-refractivity contribution is 0.0945. The van der Waals surface area contributed by atoms with Crippen molar-refractivity contribution in [2.24, 2.45) is 0 Å². The Balaban J connectivity index is 3.31. The molecule has 112 valence electrons. The van der Waals surface area contributed by atoms with E-state index >= 15 is 0 Å². The molecule has 0 atom stereocenters. The first-order chi connectivity index (χ1) is 9.20. The van der Waals surface area contributed by atoms with Gasteiger partial charge in [0.1, 0.15) is 0 Å². The van der Waals surface area contributed by atoms with Crippen LogP contribution in [0, 0.1) is 0 Å². The number of aromatic amines is 1. The molecule has 0 spiro atoms. The van der Waals surface area contributed by atoms with Crippen molar-refractivity contribution in [3.05, 3.63) is 26.4 Å². The highest BCUT2D eigenvalue weighted by molar-refractivity contribution is 5.95. The second-order valence-electron chi connectivity index (χ2n) is 5.57. The number of nitrogens with zero attached hydrogens (tertiary/aromatic N) is 1. The predicted octanol–water partition coefficient (Wildman–Crippen LogP) is 0.527. The molecule has 3 N–H and O–H groups in total. The van der Waals surface area contributed by atoms with Crippen molar-refractivity contribution in [2.75, 3.05) is 6.54 Å². The number of carbonyl (C=O) groups excluding carboxylic acids is 1. The Morgan fingerprint density at radius 3 is 2.45 bits per heavy atom. The van der Waals surface area contributed by atoms with Crippen LogP contribution in [0.3, 0.4) is 0 Å². The molecule has 7 nitrogen and oxygen atoms in total. The number of aromatic hydroxyl groups is 1. The van der Waals surface area contributed by atoms with Crippen molar-refractivity contribution in [3.8, 4) is 5.88 Å². The predicted molar refractivity (Wildman–Crippen MR) is 75.2 cm³/mol. The average molecular weight is 283 g/mol. The molecule has 1 aromatic heterocycles. The van der Waals surface area contributed by atoms with Gasteiger partial charge >= 0.3 is 5.69 Å². The van der Waals surface area contributed by atoms with Crippen molar-refractivity contribution in [1.82, 2.24) is 14.9 Å². The molecule has 0 saturated carbocycles. The molecule has 1 rings (SSSR count). The first-order valence-corrected chi connectivity index (χ1v) is 6.57. The zero-order valence-corrected chi connectivity index (χ0v) is 12.2. The summed E-state index contributed by atoms with van der Waals surface area (Å²) in [5.41, 5.74) is -2.83. The Labute approximate surface area is 116 Å². The molecule has 0 fully saturated rings. The van der Waals surface area contributed by atoms with Gasteiger partial charge in [0.25, 0.3) is 11.5 Å². The largest absolute Gasteiger partial charge is 0.494 e. The second kappa shape index (κ2) is 5.94. The molecule has 0 radical (unpaired) electrons. The molecule has 0 aliphatic carbocycles. The SMILES string of the molecule is CCCCNC(=O)c1c(O)n(C(C)(C)C)c(=O)[nH]c1=O. The molecule has 0 aliphatic heterocycles. The van der Waals surface area contributed by atoms with Gasteiger partial charge in [-0.1, -0.05) is 13.3 Å². The Bertz CT molecular complexity index is 608. The molecule has 7 heteroatoms. The zero-order chi connectivity index (χ0) is 15.5. The van der Waals surface area contributed by atoms with Gasteiger partial charge in [0.15, 0.2) is 5.56 Å². The number of unbranched alkanes of at least 4 members (excludes halogenated alkanes) is 1. The molecule has 0 aliphatic rings. The number of rotatable bonds is 4. The summed E-state index contributed by atoms with van der Waals surface area (Å²) < 4.78 is 0.989. The average Bonchev–Trinajstić information content (AvgIpc) is 2.26. The minimum Gasteiger partial charge on any atom is -0.494 e. The maximum atomic E-state index is 11.9. The third kappa shape index (κ3) is 3.28. The monoisotopic (exact) mass is 283 g/mol. The van der Waals surface area contributed by atoms with Gasteiger partial charge in [-0.15, -0.1) is 0 Å². The molecule has 1 heterocycles. The first kappa shape index (κ1) is 16.0. The molecule has 1 amide bonds. The zero-order valence-electron chi connectivity index (χ0n) is 12.2. The normalized spacial score (nSPS) is 11.4. The lowest BCUT2D eigenvalue weighted by Gasteiger charge is -2.23. The van der Waals surface area contributed by atoms with Crippen LogP contribution in [0.4, 0.5) is 0 Å². The summed E-state index contributed by atoms with van der Waals surface area (Å²) in [6.07, 6.45) is 1.66. The standard InChI is InChI=1S/C13H21N3O4/c1-5-6-7-14-9(17)8-10(18)15-12(20)16(11(8)19)13(2,3)4/h19H,5-7H2,1-4H3,(H,14,17)(H,15,18,20). The summed E-state index contributed by atoms with van der Waals surface area (Å²) in [4.78, 5) is 37.5. The molecule has 1 aromatic rings. The van der Waals surface area contributed by atoms with Crippen molar-refractivity contribution in [2.45, 2.75) is 46.1 Å². The highest BCUT2D eigenvalue weighted by Crippen LogP contribution is 2.19. The van der Waals surface area contributed by atoms with Crippen LogP contribution in [-0.2, 0) is 5.54 Å². The number of nitrogens with one attached hydrogen (secondary N) is 2. The van der Waals surface area contributed by atoms with Gasteiger partial charge < -0.3 is 10.4 Å². The van der Waals surface area contributed by atoms with Crippen molar-refractivity contribution < 1.29 is 9.90 Å². The van der Waals surface area contributed by atoms with Crippen LogP contribution in [-0.4, -0.2) is 27.1 Å². The van der Waals surface area contributed by atoms with E-state index in [0.717, 1.165) is 17.4 Å². The maximum Gasteiger partial charge on any atom is 0.331 e. The van der Waals surface area contributed by atoms with Crippen molar-refractivity contribution >= 4 is 5.91 Å². The van der Waals surface area contributed by atoms with Gasteiger partial charge in [-0.2, -0.15) is 0 Å². The summed E-state index contributed by atoms with van der Waals surface area (Å²) in [5.74, 6) is -1.30. The number of aromatic nitrogens is 2. The molecule has 0 saturated heterocycles. The Kier molecular flexibility index (Phi) is 4.75. The van der Waals surface area contributed by atoms with E-state index in [2.05, 4.69) is 10.3 Å². The summed E-state index contributed by atoms with van der Waals surface area (Å²) >= 11 is 0. The minimum absolute atomic E-state index is 0.406. The maximum absolute atomic E-state index is 11.9. The Morgan fingerprint density at radius 2 is 1.95 bits per heavy atom. The van der Waals surface area contributed by atoms with E-state index in [1.54, 1.807) is 20.8 Å². The van der Waals surface area contributed by atoms with Crippen LogP contribution in [0.2, 0.25) is 0 Å². The number of carbonyl (C=O) groups is 1. The van der Waals surface area contributed by atoms with Crippen LogP contribution in [0.15, 0.2) is 9.59 Å². The smallest absolute Gasteiger partial charge is 0.331 e. The fourth-order valence-electron chi connectivity index (χ4n) is 1.82. The summed E-state index contributed by atoms with van der Waals surface area (Å²) in [6, 6.07) is 0. The van der Waals surface area contributed by atoms with E-state index in [0.29, 0.717) is 6.54 Å². The van der Waals surface area contributed by atoms with Crippen LogP contribution < -0.4 is 16.6 Å². The number of hydrogen-bond acceptors (Lipinski definition) is 4. The third-order valence-corrected chi connectivity index (χ3v) is 2.80. The lowest BCUT2D eigenvalue weighted by Crippen LogP contribution is -2.42. The summed E-state index contributed by atoms with van der Waals surface area (Å²) in [6.45, 7) is 7.43. The molecule has 0 unspecified atom stereocenters. The van der Waals surface area contributed by atoms with E-state index < -0.39 is 34.1 Å². The molecule has 0 aromatic carbocycles.